The lowest BCUT2D eigenvalue weighted by Crippen LogP contribution is -2.23. The molecular formula is C12H17N2O3S. The summed E-state index contributed by atoms with van der Waals surface area (Å²) >= 11 is 0. The molecule has 0 saturated heterocycles. The van der Waals surface area contributed by atoms with Gasteiger partial charge in [-0.15, -0.1) is 0 Å². The molecule has 5 nitrogen and oxygen atoms in total. The summed E-state index contributed by atoms with van der Waals surface area (Å²) in [5.74, 6) is 0.390. The van der Waals surface area contributed by atoms with Crippen molar-refractivity contribution >= 4 is 15.9 Å². The normalized spacial score (nSPS) is 17.6. The highest BCUT2D eigenvalue weighted by molar-refractivity contribution is 7.87. The van der Waals surface area contributed by atoms with Crippen molar-refractivity contribution in [2.24, 2.45) is 5.92 Å². The summed E-state index contributed by atoms with van der Waals surface area (Å²) in [4.78, 5) is 3.74. The summed E-state index contributed by atoms with van der Waals surface area (Å²) in [6, 6.07) is 4.04. The fourth-order valence-electron chi connectivity index (χ4n) is 2.24. The Morgan fingerprint density at radius 2 is 2.11 bits per heavy atom. The van der Waals surface area contributed by atoms with Gasteiger partial charge in [-0.2, -0.15) is 8.42 Å². The first-order valence-electron chi connectivity index (χ1n) is 6.10. The van der Waals surface area contributed by atoms with Crippen LogP contribution in [0, 0.1) is 12.0 Å². The fraction of sp³-hybridized carbons (Fsp3) is 0.583. The third kappa shape index (κ3) is 3.60. The van der Waals surface area contributed by atoms with Crippen LogP contribution < -0.4 is 9.92 Å². The molecule has 1 fully saturated rings. The Hall–Kier alpha value is -1.30. The minimum absolute atomic E-state index is 0.0569. The second kappa shape index (κ2) is 5.56. The van der Waals surface area contributed by atoms with Crippen molar-refractivity contribution in [3.63, 3.8) is 0 Å². The van der Waals surface area contributed by atoms with Gasteiger partial charge in [-0.3, -0.25) is 0 Å². The predicted octanol–water partition coefficient (Wildman–Crippen LogP) is 1.75. The van der Waals surface area contributed by atoms with Crippen LogP contribution in [0.25, 0.3) is 0 Å². The molecule has 1 aliphatic carbocycles. The van der Waals surface area contributed by atoms with Crippen LogP contribution in [0.4, 0.5) is 5.82 Å². The summed E-state index contributed by atoms with van der Waals surface area (Å²) in [6.45, 7) is 0. The van der Waals surface area contributed by atoms with E-state index >= 15 is 0 Å². The van der Waals surface area contributed by atoms with Crippen molar-refractivity contribution in [2.75, 3.05) is 11.5 Å². The van der Waals surface area contributed by atoms with Crippen LogP contribution in [-0.2, 0) is 10.1 Å². The zero-order valence-electron chi connectivity index (χ0n) is 10.1. The van der Waals surface area contributed by atoms with E-state index in [-0.39, 0.29) is 23.2 Å². The van der Waals surface area contributed by atoms with Crippen LogP contribution in [0.1, 0.15) is 32.1 Å². The number of rotatable bonds is 4. The molecule has 0 aromatic carbocycles. The molecule has 1 radical (unpaired) electrons. The molecule has 1 heterocycles. The van der Waals surface area contributed by atoms with Gasteiger partial charge in [0.15, 0.2) is 11.6 Å². The average molecular weight is 269 g/mol. The zero-order chi connectivity index (χ0) is 13.0. The third-order valence-electron chi connectivity index (χ3n) is 3.13. The van der Waals surface area contributed by atoms with Gasteiger partial charge in [0.25, 0.3) is 0 Å². The Morgan fingerprint density at radius 1 is 1.39 bits per heavy atom. The summed E-state index contributed by atoms with van der Waals surface area (Å²) in [7, 11) is -3.60. The van der Waals surface area contributed by atoms with Crippen LogP contribution in [0.2, 0.25) is 0 Å². The lowest BCUT2D eigenvalue weighted by Gasteiger charge is -2.21. The average Bonchev–Trinajstić information content (AvgIpc) is 2.32. The van der Waals surface area contributed by atoms with Crippen molar-refractivity contribution in [3.05, 3.63) is 18.3 Å². The van der Waals surface area contributed by atoms with Crippen molar-refractivity contribution in [1.29, 1.82) is 0 Å². The highest BCUT2D eigenvalue weighted by Crippen LogP contribution is 2.26. The molecular weight excluding hydrogens is 252 g/mol. The van der Waals surface area contributed by atoms with E-state index in [1.54, 1.807) is 0 Å². The number of hydrogen-bond donors (Lipinski definition) is 1. The van der Waals surface area contributed by atoms with E-state index in [2.05, 4.69) is 11.1 Å². The van der Waals surface area contributed by atoms with Gasteiger partial charge in [0.05, 0.1) is 5.75 Å². The van der Waals surface area contributed by atoms with E-state index in [1.807, 2.05) is 0 Å². The van der Waals surface area contributed by atoms with Gasteiger partial charge in [-0.25, -0.2) is 4.98 Å². The predicted molar refractivity (Wildman–Crippen MR) is 68.5 cm³/mol. The lowest BCUT2D eigenvalue weighted by atomic mass is 9.91. The van der Waals surface area contributed by atoms with Gasteiger partial charge in [-0.05, 0) is 24.8 Å². The number of nitrogen functional groups attached to an aromatic ring is 1. The van der Waals surface area contributed by atoms with Crippen LogP contribution in [0.3, 0.4) is 0 Å². The van der Waals surface area contributed by atoms with Crippen LogP contribution in [0.5, 0.6) is 5.75 Å². The van der Waals surface area contributed by atoms with Crippen molar-refractivity contribution < 1.29 is 12.6 Å². The van der Waals surface area contributed by atoms with E-state index in [0.29, 0.717) is 0 Å². The monoisotopic (exact) mass is 269 g/mol. The number of anilines is 1. The number of hydrogen-bond acceptors (Lipinski definition) is 5. The largest absolute Gasteiger partial charge is 0.381 e. The number of nitrogens with zero attached hydrogens (tertiary/aromatic N) is 1. The summed E-state index contributed by atoms with van der Waals surface area (Å²) in [6.07, 6.45) is 6.68. The molecule has 1 aliphatic rings. The van der Waals surface area contributed by atoms with Crippen LogP contribution >= 0.6 is 0 Å². The van der Waals surface area contributed by atoms with Gasteiger partial charge in [-0.1, -0.05) is 19.3 Å². The molecule has 1 aromatic rings. The molecule has 0 spiro atoms. The molecule has 0 aliphatic heterocycles. The smallest absolute Gasteiger partial charge is 0.309 e. The number of aromatic nitrogens is 1. The molecule has 1 aromatic heterocycles. The fourth-order valence-corrected chi connectivity index (χ4v) is 3.62. The minimum atomic E-state index is -3.60. The van der Waals surface area contributed by atoms with Crippen molar-refractivity contribution in [1.82, 2.24) is 4.98 Å². The van der Waals surface area contributed by atoms with E-state index in [4.69, 9.17) is 9.92 Å². The summed E-state index contributed by atoms with van der Waals surface area (Å²) < 4.78 is 28.8. The van der Waals surface area contributed by atoms with E-state index in [0.717, 1.165) is 25.7 Å². The highest BCUT2D eigenvalue weighted by atomic mass is 32.2. The molecule has 0 unspecified atom stereocenters. The standard InChI is InChI=1S/C12H17N2O3S/c13-12-11(7-4-8-14-12)17-18(15,16)9-10-5-2-1-3-6-10/h7-8,10H,1-3,5-6,9H2,(H2,13,14). The third-order valence-corrected chi connectivity index (χ3v) is 4.44. The molecule has 0 bridgehead atoms. The first-order chi connectivity index (χ1) is 8.57. The number of nitrogens with two attached hydrogens (primary N) is 1. The molecule has 1 saturated carbocycles. The molecule has 2 rings (SSSR count). The molecule has 2 N–H and O–H groups in total. The zero-order valence-corrected chi connectivity index (χ0v) is 10.9. The van der Waals surface area contributed by atoms with Gasteiger partial charge < -0.3 is 9.92 Å². The molecule has 0 atom stereocenters. The summed E-state index contributed by atoms with van der Waals surface area (Å²) in [5.41, 5.74) is 5.54. The Morgan fingerprint density at radius 3 is 2.78 bits per heavy atom. The number of pyridine rings is 1. The maximum Gasteiger partial charge on any atom is 0.309 e. The molecule has 99 valence electrons. The van der Waals surface area contributed by atoms with Gasteiger partial charge in [0.1, 0.15) is 0 Å². The maximum absolute atomic E-state index is 11.9. The Bertz CT molecular complexity index is 496. The molecule has 18 heavy (non-hydrogen) atoms. The van der Waals surface area contributed by atoms with Crippen LogP contribution in [-0.4, -0.2) is 19.2 Å². The molecule has 6 heteroatoms. The second-order valence-electron chi connectivity index (χ2n) is 4.63. The Labute approximate surface area is 107 Å². The Balaban J connectivity index is 2.01. The SMILES string of the molecule is Nc1nc[c]cc1OS(=O)(=O)CC1CCCCC1. The summed E-state index contributed by atoms with van der Waals surface area (Å²) in [5, 5.41) is 0. The topological polar surface area (TPSA) is 82.3 Å². The quantitative estimate of drug-likeness (QED) is 0.842. The van der Waals surface area contributed by atoms with Gasteiger partial charge >= 0.3 is 10.1 Å². The maximum atomic E-state index is 11.9. The highest BCUT2D eigenvalue weighted by Gasteiger charge is 2.23. The van der Waals surface area contributed by atoms with Crippen molar-refractivity contribution in [3.8, 4) is 5.75 Å². The van der Waals surface area contributed by atoms with E-state index in [9.17, 15) is 8.42 Å². The Kier molecular flexibility index (Phi) is 4.06. The van der Waals surface area contributed by atoms with E-state index in [1.165, 1.54) is 18.7 Å². The van der Waals surface area contributed by atoms with Crippen LogP contribution in [0.15, 0.2) is 12.3 Å². The lowest BCUT2D eigenvalue weighted by molar-refractivity contribution is 0.375. The first kappa shape index (κ1) is 13.1. The van der Waals surface area contributed by atoms with E-state index < -0.39 is 10.1 Å². The second-order valence-corrected chi connectivity index (χ2v) is 6.25. The van der Waals surface area contributed by atoms with Gasteiger partial charge in [0, 0.05) is 12.3 Å². The minimum Gasteiger partial charge on any atom is -0.381 e. The molecule has 0 amide bonds. The van der Waals surface area contributed by atoms with Gasteiger partial charge in [0.2, 0.25) is 0 Å². The van der Waals surface area contributed by atoms with Crippen molar-refractivity contribution in [2.45, 2.75) is 32.1 Å². The first-order valence-corrected chi connectivity index (χ1v) is 7.68.